The van der Waals surface area contributed by atoms with Crippen LogP contribution in [0.5, 0.6) is 0 Å². The third-order valence-electron chi connectivity index (χ3n) is 9.98. The molecule has 8 nitrogen and oxygen atoms in total. The molecular formula is C43H59IN2O6. The molecule has 1 fully saturated rings. The van der Waals surface area contributed by atoms with Gasteiger partial charge in [0.05, 0.1) is 25.0 Å². The first-order valence-electron chi connectivity index (χ1n) is 19.1. The van der Waals surface area contributed by atoms with Crippen molar-refractivity contribution in [1.29, 1.82) is 0 Å². The van der Waals surface area contributed by atoms with E-state index in [1.165, 1.54) is 11.1 Å². The van der Waals surface area contributed by atoms with Gasteiger partial charge in [-0.15, -0.1) is 0 Å². The quantitative estimate of drug-likeness (QED) is 0.0879. The number of carboxylic acids is 1. The van der Waals surface area contributed by atoms with Crippen LogP contribution in [0.1, 0.15) is 140 Å². The van der Waals surface area contributed by atoms with Crippen molar-refractivity contribution in [3.8, 4) is 22.9 Å². The van der Waals surface area contributed by atoms with Crippen molar-refractivity contribution in [2.45, 2.75) is 141 Å². The number of oxazole rings is 2. The highest BCUT2D eigenvalue weighted by molar-refractivity contribution is 14.1. The summed E-state index contributed by atoms with van der Waals surface area (Å²) in [7, 11) is 0. The summed E-state index contributed by atoms with van der Waals surface area (Å²) in [5.74, 6) is 3.74. The lowest BCUT2D eigenvalue weighted by Gasteiger charge is -2.32. The molecule has 3 atom stereocenters. The summed E-state index contributed by atoms with van der Waals surface area (Å²) in [5.41, 5.74) is 5.51. The highest BCUT2D eigenvalue weighted by atomic mass is 127. The molecule has 0 aliphatic heterocycles. The molecule has 52 heavy (non-hydrogen) atoms. The Morgan fingerprint density at radius 3 is 1.83 bits per heavy atom. The zero-order valence-electron chi connectivity index (χ0n) is 32.5. The van der Waals surface area contributed by atoms with Crippen molar-refractivity contribution in [3.63, 3.8) is 0 Å². The summed E-state index contributed by atoms with van der Waals surface area (Å²) in [5, 5.41) is 9.56. The number of hydrogen-bond donors (Lipinski definition) is 1. The molecule has 1 N–H and O–H groups in total. The number of rotatable bonds is 16. The number of halogens is 1. The number of carbonyl (C=O) groups is 1. The van der Waals surface area contributed by atoms with E-state index in [0.717, 1.165) is 89.3 Å². The van der Waals surface area contributed by atoms with Gasteiger partial charge in [0.15, 0.2) is 5.60 Å². The molecule has 2 aromatic carbocycles. The lowest BCUT2D eigenvalue weighted by molar-refractivity contribution is -0.167. The zero-order chi connectivity index (χ0) is 37.8. The Balaban J connectivity index is 0.000000281. The topological polar surface area (TPSA) is 108 Å². The zero-order valence-corrected chi connectivity index (χ0v) is 34.6. The van der Waals surface area contributed by atoms with Gasteiger partial charge in [-0.25, -0.2) is 14.8 Å². The largest absolute Gasteiger partial charge is 0.479 e. The van der Waals surface area contributed by atoms with Gasteiger partial charge < -0.3 is 23.4 Å². The van der Waals surface area contributed by atoms with E-state index >= 15 is 0 Å². The number of alkyl halides is 1. The van der Waals surface area contributed by atoms with E-state index in [-0.39, 0.29) is 6.10 Å². The van der Waals surface area contributed by atoms with Crippen molar-refractivity contribution in [2.75, 3.05) is 6.61 Å². The van der Waals surface area contributed by atoms with Crippen LogP contribution < -0.4 is 0 Å². The summed E-state index contributed by atoms with van der Waals surface area (Å²) < 4.78 is 25.0. The monoisotopic (exact) mass is 826 g/mol. The molecule has 284 valence electrons. The molecule has 9 heteroatoms. The van der Waals surface area contributed by atoms with Crippen molar-refractivity contribution in [3.05, 3.63) is 82.6 Å². The minimum absolute atomic E-state index is 0.125. The van der Waals surface area contributed by atoms with Crippen LogP contribution in [0.3, 0.4) is 0 Å². The van der Waals surface area contributed by atoms with Crippen molar-refractivity contribution in [2.24, 2.45) is 5.92 Å². The van der Waals surface area contributed by atoms with Gasteiger partial charge in [-0.2, -0.15) is 0 Å². The Hall–Kier alpha value is -3.02. The Morgan fingerprint density at radius 1 is 0.865 bits per heavy atom. The molecule has 1 saturated carbocycles. The van der Waals surface area contributed by atoms with Gasteiger partial charge in [-0.3, -0.25) is 0 Å². The van der Waals surface area contributed by atoms with Crippen molar-refractivity contribution < 1.29 is 28.2 Å². The minimum atomic E-state index is -1.11. The van der Waals surface area contributed by atoms with E-state index in [9.17, 15) is 9.90 Å². The van der Waals surface area contributed by atoms with Gasteiger partial charge in [-0.1, -0.05) is 108 Å². The molecule has 0 spiro atoms. The Kier molecular flexibility index (Phi) is 16.0. The molecule has 1 aliphatic carbocycles. The average Bonchev–Trinajstić information content (AvgIpc) is 3.78. The number of hydrogen-bond acceptors (Lipinski definition) is 7. The fourth-order valence-corrected chi connectivity index (χ4v) is 7.16. The normalized spacial score (nSPS) is 17.2. The number of carboxylic acid groups (broad SMARTS) is 1. The van der Waals surface area contributed by atoms with Crippen LogP contribution >= 0.6 is 22.6 Å². The predicted molar refractivity (Wildman–Crippen MR) is 216 cm³/mol. The van der Waals surface area contributed by atoms with Crippen LogP contribution in [-0.4, -0.2) is 39.4 Å². The summed E-state index contributed by atoms with van der Waals surface area (Å²) in [4.78, 5) is 21.0. The summed E-state index contributed by atoms with van der Waals surface area (Å²) in [6.45, 7) is 17.5. The molecule has 0 radical (unpaired) electrons. The summed E-state index contributed by atoms with van der Waals surface area (Å²) in [6, 6.07) is 16.9. The Morgan fingerprint density at radius 2 is 1.38 bits per heavy atom. The van der Waals surface area contributed by atoms with Crippen LogP contribution in [0.25, 0.3) is 22.9 Å². The van der Waals surface area contributed by atoms with Gasteiger partial charge in [0.1, 0.15) is 17.2 Å². The highest BCUT2D eigenvalue weighted by Crippen LogP contribution is 2.31. The SMILES string of the molecule is CCCC(C)(OC[C@@H]1CCC[C@H](OCc2nc(-c3ccc(C(C)C)cc3)oc2CC)C1)C(=O)O.CCc1oc(-c2ccc(C(C)C)cc2)nc1CI. The van der Waals surface area contributed by atoms with E-state index < -0.39 is 11.6 Å². The second-order valence-electron chi connectivity index (χ2n) is 14.7. The summed E-state index contributed by atoms with van der Waals surface area (Å²) in [6.07, 6.45) is 7.07. The van der Waals surface area contributed by atoms with Crippen molar-refractivity contribution >= 4 is 28.6 Å². The van der Waals surface area contributed by atoms with Crippen LogP contribution in [0.2, 0.25) is 0 Å². The molecule has 2 heterocycles. The van der Waals surface area contributed by atoms with E-state index in [2.05, 4.69) is 118 Å². The lowest BCUT2D eigenvalue weighted by atomic mass is 9.87. The van der Waals surface area contributed by atoms with Gasteiger partial charge >= 0.3 is 5.97 Å². The number of ether oxygens (including phenoxy) is 2. The van der Waals surface area contributed by atoms with E-state index in [0.29, 0.717) is 43.3 Å². The molecule has 1 aliphatic rings. The average molecular weight is 827 g/mol. The number of benzene rings is 2. The first kappa shape index (κ1) is 41.7. The molecule has 0 amide bonds. The van der Waals surface area contributed by atoms with E-state index in [1.54, 1.807) is 6.92 Å². The molecular weight excluding hydrogens is 767 g/mol. The molecule has 0 saturated heterocycles. The third-order valence-corrected chi connectivity index (χ3v) is 10.7. The molecule has 4 aromatic rings. The molecule has 5 rings (SSSR count). The molecule has 0 bridgehead atoms. The van der Waals surface area contributed by atoms with Gasteiger partial charge in [0.2, 0.25) is 11.8 Å². The first-order valence-corrected chi connectivity index (χ1v) is 20.7. The fourth-order valence-electron chi connectivity index (χ4n) is 6.57. The fraction of sp³-hybridized carbons (Fsp3) is 0.558. The second-order valence-corrected chi connectivity index (χ2v) is 15.5. The van der Waals surface area contributed by atoms with Gasteiger partial charge in [0.25, 0.3) is 0 Å². The minimum Gasteiger partial charge on any atom is -0.479 e. The number of aromatic nitrogens is 2. The van der Waals surface area contributed by atoms with Gasteiger partial charge in [-0.05, 0) is 85.8 Å². The van der Waals surface area contributed by atoms with Crippen molar-refractivity contribution in [1.82, 2.24) is 9.97 Å². The Bertz CT molecular complexity index is 1660. The summed E-state index contributed by atoms with van der Waals surface area (Å²) >= 11 is 2.33. The van der Waals surface area contributed by atoms with E-state index in [4.69, 9.17) is 23.3 Å². The second kappa shape index (κ2) is 19.9. The van der Waals surface area contributed by atoms with E-state index in [1.807, 2.05) is 6.92 Å². The predicted octanol–water partition coefficient (Wildman–Crippen LogP) is 11.7. The lowest BCUT2D eigenvalue weighted by Crippen LogP contribution is -2.40. The standard InChI is InChI=1S/C28H41NO5.C15H18INO/c1-6-15-28(5,27(30)31)33-17-20-9-8-10-23(16-20)32-18-24-25(7-2)34-26(29-24)22-13-11-21(12-14-22)19(3)4;1-4-14-13(9-16)17-15(18-14)12-7-5-11(6-8-12)10(2)3/h11-14,19-20,23H,6-10,15-18H2,1-5H3,(H,30,31);5-8,10H,4,9H2,1-3H3/t20-,23+,28?;/m1./s1. The maximum atomic E-state index is 11.7. The first-order chi connectivity index (χ1) is 24.9. The Labute approximate surface area is 324 Å². The number of aryl methyl sites for hydroxylation is 2. The maximum absolute atomic E-state index is 11.7. The van der Waals surface area contributed by atoms with Crippen LogP contribution in [0.15, 0.2) is 57.4 Å². The number of nitrogens with zero attached hydrogens (tertiary/aromatic N) is 2. The van der Waals surface area contributed by atoms with Crippen LogP contribution in [0.4, 0.5) is 0 Å². The van der Waals surface area contributed by atoms with Crippen LogP contribution in [-0.2, 0) is 38.1 Å². The highest BCUT2D eigenvalue weighted by Gasteiger charge is 2.35. The molecule has 2 aromatic heterocycles. The van der Waals surface area contributed by atoms with Gasteiger partial charge in [0, 0.05) is 28.4 Å². The molecule has 1 unspecified atom stereocenters. The third kappa shape index (κ3) is 11.2. The smallest absolute Gasteiger partial charge is 0.335 e. The van der Waals surface area contributed by atoms with Crippen LogP contribution in [0, 0.1) is 5.92 Å². The maximum Gasteiger partial charge on any atom is 0.335 e. The number of aliphatic carboxylic acids is 1.